The molecule has 0 radical (unpaired) electrons. The van der Waals surface area contributed by atoms with Gasteiger partial charge in [-0.05, 0) is 35.9 Å². The summed E-state index contributed by atoms with van der Waals surface area (Å²) in [4.78, 5) is 11.6. The van der Waals surface area contributed by atoms with Gasteiger partial charge in [0.15, 0.2) is 11.5 Å². The van der Waals surface area contributed by atoms with Crippen LogP contribution in [-0.2, 0) is 4.79 Å². The minimum Gasteiger partial charge on any atom is -0.504 e. The Hall–Kier alpha value is -2.75. The molecule has 0 unspecified atom stereocenters. The zero-order valence-corrected chi connectivity index (χ0v) is 10.9. The molecule has 4 nitrogen and oxygen atoms in total. The van der Waals surface area contributed by atoms with E-state index in [4.69, 9.17) is 9.47 Å². The summed E-state index contributed by atoms with van der Waals surface area (Å²) in [6.07, 6.45) is 2.91. The number of carbonyl (C=O) groups is 1. The minimum absolute atomic E-state index is 0.0523. The summed E-state index contributed by atoms with van der Waals surface area (Å²) >= 11 is 0. The Labute approximate surface area is 116 Å². The maximum Gasteiger partial charge on any atom is 0.336 e. The van der Waals surface area contributed by atoms with Crippen molar-refractivity contribution in [3.05, 3.63) is 60.2 Å². The molecule has 1 N–H and O–H groups in total. The van der Waals surface area contributed by atoms with Gasteiger partial charge in [0.05, 0.1) is 7.11 Å². The number of phenolic OH excluding ortho intramolecular Hbond substituents is 1. The molecule has 2 rings (SSSR count). The molecule has 0 saturated carbocycles. The Kier molecular flexibility index (Phi) is 4.39. The van der Waals surface area contributed by atoms with E-state index >= 15 is 0 Å². The highest BCUT2D eigenvalue weighted by Crippen LogP contribution is 2.26. The van der Waals surface area contributed by atoms with Crippen molar-refractivity contribution in [3.63, 3.8) is 0 Å². The molecule has 102 valence electrons. The van der Waals surface area contributed by atoms with E-state index in [0.717, 1.165) is 5.56 Å². The molecule has 0 aliphatic carbocycles. The standard InChI is InChI=1S/C16H14O4/c1-19-15-11-12(7-9-14(15)17)8-10-16(18)20-13-5-3-2-4-6-13/h2-11,17H,1H3. The van der Waals surface area contributed by atoms with Gasteiger partial charge in [0.1, 0.15) is 5.75 Å². The summed E-state index contributed by atoms with van der Waals surface area (Å²) in [5.74, 6) is 0.425. The van der Waals surface area contributed by atoms with Crippen LogP contribution in [0.1, 0.15) is 5.56 Å². The Morgan fingerprint density at radius 1 is 1.15 bits per heavy atom. The number of aromatic hydroxyl groups is 1. The average Bonchev–Trinajstić information content (AvgIpc) is 2.47. The number of carbonyl (C=O) groups excluding carboxylic acids is 1. The van der Waals surface area contributed by atoms with Crippen molar-refractivity contribution in [2.45, 2.75) is 0 Å². The first-order valence-electron chi connectivity index (χ1n) is 6.01. The van der Waals surface area contributed by atoms with Crippen molar-refractivity contribution in [3.8, 4) is 17.2 Å². The first-order valence-corrected chi connectivity index (χ1v) is 6.01. The number of phenols is 1. The van der Waals surface area contributed by atoms with E-state index in [-0.39, 0.29) is 5.75 Å². The predicted octanol–water partition coefficient (Wildman–Crippen LogP) is 3.02. The van der Waals surface area contributed by atoms with Crippen molar-refractivity contribution in [1.29, 1.82) is 0 Å². The zero-order valence-electron chi connectivity index (χ0n) is 10.9. The van der Waals surface area contributed by atoms with Crippen molar-refractivity contribution < 1.29 is 19.4 Å². The molecule has 2 aromatic carbocycles. The van der Waals surface area contributed by atoms with Gasteiger partial charge in [0.25, 0.3) is 0 Å². The first-order chi connectivity index (χ1) is 9.69. The van der Waals surface area contributed by atoms with Crippen LogP contribution in [0.3, 0.4) is 0 Å². The Morgan fingerprint density at radius 2 is 1.90 bits per heavy atom. The molecule has 0 saturated heterocycles. The number of ether oxygens (including phenoxy) is 2. The number of benzene rings is 2. The van der Waals surface area contributed by atoms with Crippen LogP contribution in [-0.4, -0.2) is 18.2 Å². The van der Waals surface area contributed by atoms with Crippen molar-refractivity contribution in [2.75, 3.05) is 7.11 Å². The van der Waals surface area contributed by atoms with Crippen LogP contribution in [0.2, 0.25) is 0 Å². The second-order valence-corrected chi connectivity index (χ2v) is 4.00. The highest BCUT2D eigenvalue weighted by molar-refractivity contribution is 5.88. The number of para-hydroxylation sites is 1. The van der Waals surface area contributed by atoms with Crippen LogP contribution in [0.5, 0.6) is 17.2 Å². The van der Waals surface area contributed by atoms with Gasteiger partial charge in [-0.1, -0.05) is 24.3 Å². The van der Waals surface area contributed by atoms with Crippen molar-refractivity contribution >= 4 is 12.0 Å². The number of esters is 1. The zero-order chi connectivity index (χ0) is 14.4. The van der Waals surface area contributed by atoms with E-state index < -0.39 is 5.97 Å². The van der Waals surface area contributed by atoms with Gasteiger partial charge >= 0.3 is 5.97 Å². The third-order valence-corrected chi connectivity index (χ3v) is 2.58. The largest absolute Gasteiger partial charge is 0.504 e. The highest BCUT2D eigenvalue weighted by Gasteiger charge is 2.02. The second kappa shape index (κ2) is 6.43. The molecule has 0 atom stereocenters. The summed E-state index contributed by atoms with van der Waals surface area (Å²) in [7, 11) is 1.46. The molecule has 20 heavy (non-hydrogen) atoms. The third kappa shape index (κ3) is 3.62. The normalized spacial score (nSPS) is 10.4. The highest BCUT2D eigenvalue weighted by atomic mass is 16.5. The lowest BCUT2D eigenvalue weighted by atomic mass is 10.2. The lowest BCUT2D eigenvalue weighted by Crippen LogP contribution is -2.03. The summed E-state index contributed by atoms with van der Waals surface area (Å²) in [6.45, 7) is 0. The monoisotopic (exact) mass is 270 g/mol. The number of rotatable bonds is 4. The van der Waals surface area contributed by atoms with E-state index in [1.807, 2.05) is 6.07 Å². The fourth-order valence-corrected chi connectivity index (χ4v) is 1.60. The maximum atomic E-state index is 11.6. The van der Waals surface area contributed by atoms with E-state index in [1.54, 1.807) is 42.5 Å². The minimum atomic E-state index is -0.469. The molecular weight excluding hydrogens is 256 g/mol. The summed E-state index contributed by atoms with van der Waals surface area (Å²) in [5.41, 5.74) is 0.727. The third-order valence-electron chi connectivity index (χ3n) is 2.58. The quantitative estimate of drug-likeness (QED) is 0.527. The van der Waals surface area contributed by atoms with Crippen LogP contribution in [0.25, 0.3) is 6.08 Å². The van der Waals surface area contributed by atoms with E-state index in [2.05, 4.69) is 0 Å². The van der Waals surface area contributed by atoms with Crippen LogP contribution >= 0.6 is 0 Å². The fraction of sp³-hybridized carbons (Fsp3) is 0.0625. The maximum absolute atomic E-state index is 11.6. The Morgan fingerprint density at radius 3 is 2.60 bits per heavy atom. The molecule has 0 spiro atoms. The fourth-order valence-electron chi connectivity index (χ4n) is 1.60. The van der Waals surface area contributed by atoms with Gasteiger partial charge in [-0.3, -0.25) is 0 Å². The van der Waals surface area contributed by atoms with E-state index in [1.165, 1.54) is 19.3 Å². The molecule has 0 amide bonds. The molecule has 2 aromatic rings. The van der Waals surface area contributed by atoms with Gasteiger partial charge in [-0.2, -0.15) is 0 Å². The van der Waals surface area contributed by atoms with E-state index in [0.29, 0.717) is 11.5 Å². The Balaban J connectivity index is 2.04. The SMILES string of the molecule is COc1cc(C=CC(=O)Oc2ccccc2)ccc1O. The molecule has 0 aliphatic heterocycles. The number of hydrogen-bond acceptors (Lipinski definition) is 4. The Bertz CT molecular complexity index is 618. The average molecular weight is 270 g/mol. The number of hydrogen-bond donors (Lipinski definition) is 1. The summed E-state index contributed by atoms with van der Waals surface area (Å²) in [5, 5.41) is 9.47. The van der Waals surface area contributed by atoms with Crippen molar-refractivity contribution in [1.82, 2.24) is 0 Å². The van der Waals surface area contributed by atoms with Gasteiger partial charge in [0.2, 0.25) is 0 Å². The molecule has 4 heteroatoms. The van der Waals surface area contributed by atoms with Gasteiger partial charge in [-0.15, -0.1) is 0 Å². The molecule has 0 aliphatic rings. The van der Waals surface area contributed by atoms with Crippen LogP contribution in [0, 0.1) is 0 Å². The van der Waals surface area contributed by atoms with Crippen LogP contribution in [0.15, 0.2) is 54.6 Å². The summed E-state index contributed by atoms with van der Waals surface area (Å²) < 4.78 is 10.1. The van der Waals surface area contributed by atoms with Gasteiger partial charge in [-0.25, -0.2) is 4.79 Å². The first kappa shape index (κ1) is 13.7. The lowest BCUT2D eigenvalue weighted by Gasteiger charge is -2.03. The molecule has 0 fully saturated rings. The van der Waals surface area contributed by atoms with Crippen LogP contribution < -0.4 is 9.47 Å². The predicted molar refractivity (Wildman–Crippen MR) is 75.8 cm³/mol. The topological polar surface area (TPSA) is 55.8 Å². The second-order valence-electron chi connectivity index (χ2n) is 4.00. The molecule has 0 bridgehead atoms. The molecule has 0 heterocycles. The van der Waals surface area contributed by atoms with Gasteiger partial charge < -0.3 is 14.6 Å². The lowest BCUT2D eigenvalue weighted by molar-refractivity contribution is -0.128. The van der Waals surface area contributed by atoms with Crippen LogP contribution in [0.4, 0.5) is 0 Å². The van der Waals surface area contributed by atoms with Gasteiger partial charge in [0, 0.05) is 6.08 Å². The smallest absolute Gasteiger partial charge is 0.336 e. The van der Waals surface area contributed by atoms with E-state index in [9.17, 15) is 9.90 Å². The molecule has 0 aromatic heterocycles. The number of methoxy groups -OCH3 is 1. The van der Waals surface area contributed by atoms with Crippen molar-refractivity contribution in [2.24, 2.45) is 0 Å². The summed E-state index contributed by atoms with van der Waals surface area (Å²) in [6, 6.07) is 13.6. The molecular formula is C16H14O4.